The molecule has 2 amide bonds. The molecule has 0 radical (unpaired) electrons. The van der Waals surface area contributed by atoms with Gasteiger partial charge in [0.1, 0.15) is 0 Å². The highest BCUT2D eigenvalue weighted by Gasteiger charge is 2.35. The molecular formula is C25H32N4O2. The van der Waals surface area contributed by atoms with Crippen LogP contribution in [0.3, 0.4) is 0 Å². The van der Waals surface area contributed by atoms with Gasteiger partial charge in [-0.15, -0.1) is 0 Å². The fourth-order valence-corrected chi connectivity index (χ4v) is 4.89. The highest BCUT2D eigenvalue weighted by atomic mass is 16.2. The number of amides is 2. The van der Waals surface area contributed by atoms with Crippen LogP contribution in [0.2, 0.25) is 0 Å². The first kappa shape index (κ1) is 21.4. The van der Waals surface area contributed by atoms with Gasteiger partial charge in [-0.1, -0.05) is 30.3 Å². The zero-order chi connectivity index (χ0) is 21.8. The largest absolute Gasteiger partial charge is 0.399 e. The molecule has 6 heteroatoms. The van der Waals surface area contributed by atoms with E-state index in [2.05, 4.69) is 45.9 Å². The Morgan fingerprint density at radius 1 is 1.03 bits per heavy atom. The summed E-state index contributed by atoms with van der Waals surface area (Å²) < 4.78 is 0. The first-order chi connectivity index (χ1) is 15.0. The smallest absolute Gasteiger partial charge is 0.251 e. The van der Waals surface area contributed by atoms with Crippen molar-refractivity contribution in [1.29, 1.82) is 0 Å². The van der Waals surface area contributed by atoms with Crippen LogP contribution in [0.4, 0.5) is 5.69 Å². The van der Waals surface area contributed by atoms with E-state index in [-0.39, 0.29) is 24.4 Å². The van der Waals surface area contributed by atoms with Gasteiger partial charge in [0.15, 0.2) is 0 Å². The van der Waals surface area contributed by atoms with Crippen molar-refractivity contribution in [3.63, 3.8) is 0 Å². The highest BCUT2D eigenvalue weighted by molar-refractivity contribution is 5.97. The fraction of sp³-hybridized carbons (Fsp3) is 0.440. The lowest BCUT2D eigenvalue weighted by molar-refractivity contribution is -0.122. The van der Waals surface area contributed by atoms with Crippen molar-refractivity contribution >= 4 is 17.5 Å². The molecule has 1 saturated heterocycles. The van der Waals surface area contributed by atoms with Crippen molar-refractivity contribution in [3.8, 4) is 0 Å². The second kappa shape index (κ2) is 9.52. The van der Waals surface area contributed by atoms with Crippen LogP contribution >= 0.6 is 0 Å². The topological polar surface area (TPSA) is 87.5 Å². The Hall–Kier alpha value is -2.86. The number of anilines is 1. The fourth-order valence-electron chi connectivity index (χ4n) is 4.89. The average molecular weight is 421 g/mol. The van der Waals surface area contributed by atoms with Crippen LogP contribution in [0.5, 0.6) is 0 Å². The molecule has 31 heavy (non-hydrogen) atoms. The number of hydrogen-bond donors (Lipinski definition) is 3. The average Bonchev–Trinajstić information content (AvgIpc) is 2.74. The van der Waals surface area contributed by atoms with Gasteiger partial charge < -0.3 is 16.4 Å². The molecule has 2 aliphatic rings. The molecule has 2 fully saturated rings. The Labute approximate surface area is 184 Å². The van der Waals surface area contributed by atoms with Gasteiger partial charge in [-0.25, -0.2) is 0 Å². The molecule has 4 rings (SSSR count). The van der Waals surface area contributed by atoms with E-state index in [9.17, 15) is 9.59 Å². The summed E-state index contributed by atoms with van der Waals surface area (Å²) in [5.41, 5.74) is 9.20. The zero-order valence-corrected chi connectivity index (χ0v) is 18.1. The van der Waals surface area contributed by atoms with Crippen LogP contribution in [0.1, 0.15) is 53.1 Å². The Morgan fingerprint density at radius 2 is 1.74 bits per heavy atom. The Bertz CT molecular complexity index is 896. The third kappa shape index (κ3) is 5.44. The molecule has 164 valence electrons. The summed E-state index contributed by atoms with van der Waals surface area (Å²) in [5.74, 6) is 0.254. The minimum Gasteiger partial charge on any atom is -0.399 e. The van der Waals surface area contributed by atoms with E-state index in [1.807, 2.05) is 6.92 Å². The number of likely N-dealkylation sites (tertiary alicyclic amines) is 1. The summed E-state index contributed by atoms with van der Waals surface area (Å²) in [6, 6.07) is 16.8. The third-order valence-corrected chi connectivity index (χ3v) is 6.53. The van der Waals surface area contributed by atoms with Gasteiger partial charge in [-0.2, -0.15) is 0 Å². The van der Waals surface area contributed by atoms with Crippen LogP contribution in [0, 0.1) is 6.92 Å². The van der Waals surface area contributed by atoms with E-state index in [0.717, 1.165) is 18.7 Å². The predicted molar refractivity (Wildman–Crippen MR) is 123 cm³/mol. The van der Waals surface area contributed by atoms with Crippen molar-refractivity contribution in [2.24, 2.45) is 0 Å². The van der Waals surface area contributed by atoms with Crippen LogP contribution in [0.15, 0.2) is 48.5 Å². The number of nitrogens with zero attached hydrogens (tertiary/aromatic N) is 1. The normalized spacial score (nSPS) is 21.8. The summed E-state index contributed by atoms with van der Waals surface area (Å²) in [6.45, 7) is 3.66. The lowest BCUT2D eigenvalue weighted by Crippen LogP contribution is -2.63. The summed E-state index contributed by atoms with van der Waals surface area (Å²) in [5, 5.41) is 5.71. The number of nitrogens with one attached hydrogen (secondary N) is 2. The Morgan fingerprint density at radius 3 is 2.42 bits per heavy atom. The lowest BCUT2D eigenvalue weighted by Gasteiger charge is -2.46. The number of hydrogen-bond acceptors (Lipinski definition) is 4. The number of rotatable bonds is 6. The van der Waals surface area contributed by atoms with Crippen molar-refractivity contribution in [1.82, 2.24) is 15.5 Å². The molecule has 0 aromatic heterocycles. The Balaban J connectivity index is 1.15. The molecular weight excluding hydrogens is 388 g/mol. The van der Waals surface area contributed by atoms with Crippen molar-refractivity contribution in [2.45, 2.75) is 50.6 Å². The summed E-state index contributed by atoms with van der Waals surface area (Å²) in [6.07, 6.45) is 4.90. The molecule has 1 saturated carbocycles. The minimum atomic E-state index is -0.282. The van der Waals surface area contributed by atoms with Gasteiger partial charge in [-0.3, -0.25) is 14.5 Å². The van der Waals surface area contributed by atoms with E-state index >= 15 is 0 Å². The maximum atomic E-state index is 12.3. The third-order valence-electron chi connectivity index (χ3n) is 6.53. The monoisotopic (exact) mass is 420 g/mol. The molecule has 1 aliphatic heterocycles. The standard InChI is InChI=1S/C25H32N4O2/c1-17-11-20(13-21(26)12-17)25(31)27-14-24(30)28-22-15-29(16-22)23-9-7-19(8-10-23)18-5-3-2-4-6-18/h2-6,11-13,19,22-23H,7-10,14-16,26H2,1H3,(H,27,31)(H,28,30). The second-order valence-electron chi connectivity index (χ2n) is 8.95. The summed E-state index contributed by atoms with van der Waals surface area (Å²) in [4.78, 5) is 27.0. The van der Waals surface area contributed by atoms with Gasteiger partial charge in [0.2, 0.25) is 5.91 Å². The maximum absolute atomic E-state index is 12.3. The number of benzene rings is 2. The molecule has 2 aromatic carbocycles. The second-order valence-corrected chi connectivity index (χ2v) is 8.95. The number of aryl methyl sites for hydroxylation is 1. The number of carbonyl (C=O) groups is 2. The first-order valence-corrected chi connectivity index (χ1v) is 11.2. The van der Waals surface area contributed by atoms with Crippen molar-refractivity contribution in [2.75, 3.05) is 25.4 Å². The molecule has 0 unspecified atom stereocenters. The molecule has 0 spiro atoms. The van der Waals surface area contributed by atoms with E-state index in [4.69, 9.17) is 5.73 Å². The van der Waals surface area contributed by atoms with E-state index < -0.39 is 0 Å². The van der Waals surface area contributed by atoms with Crippen LogP contribution < -0.4 is 16.4 Å². The zero-order valence-electron chi connectivity index (χ0n) is 18.1. The predicted octanol–water partition coefficient (Wildman–Crippen LogP) is 2.83. The molecule has 4 N–H and O–H groups in total. The molecule has 0 bridgehead atoms. The van der Waals surface area contributed by atoms with E-state index in [1.165, 1.54) is 31.2 Å². The summed E-state index contributed by atoms with van der Waals surface area (Å²) >= 11 is 0. The minimum absolute atomic E-state index is 0.0225. The highest BCUT2D eigenvalue weighted by Crippen LogP contribution is 2.35. The van der Waals surface area contributed by atoms with Crippen LogP contribution in [0.25, 0.3) is 0 Å². The number of nitrogen functional groups attached to an aromatic ring is 1. The van der Waals surface area contributed by atoms with E-state index in [0.29, 0.717) is 23.2 Å². The molecule has 2 aromatic rings. The SMILES string of the molecule is Cc1cc(N)cc(C(=O)NCC(=O)NC2CN(C3CCC(c4ccccc4)CC3)C2)c1. The van der Waals surface area contributed by atoms with Gasteiger partial charge >= 0.3 is 0 Å². The van der Waals surface area contributed by atoms with Gasteiger partial charge in [-0.05, 0) is 67.9 Å². The maximum Gasteiger partial charge on any atom is 0.251 e. The lowest BCUT2D eigenvalue weighted by atomic mass is 9.80. The van der Waals surface area contributed by atoms with Gasteiger partial charge in [0.05, 0.1) is 12.6 Å². The van der Waals surface area contributed by atoms with E-state index in [1.54, 1.807) is 18.2 Å². The molecule has 0 atom stereocenters. The number of carbonyl (C=O) groups excluding carboxylic acids is 2. The van der Waals surface area contributed by atoms with Crippen molar-refractivity contribution in [3.05, 3.63) is 65.2 Å². The quantitative estimate of drug-likeness (QED) is 0.627. The first-order valence-electron chi connectivity index (χ1n) is 11.2. The van der Waals surface area contributed by atoms with Gasteiger partial charge in [0.25, 0.3) is 5.91 Å². The molecule has 1 heterocycles. The molecule has 6 nitrogen and oxygen atoms in total. The summed E-state index contributed by atoms with van der Waals surface area (Å²) in [7, 11) is 0. The van der Waals surface area contributed by atoms with Crippen LogP contribution in [-0.2, 0) is 4.79 Å². The van der Waals surface area contributed by atoms with Crippen molar-refractivity contribution < 1.29 is 9.59 Å². The van der Waals surface area contributed by atoms with Gasteiger partial charge in [0, 0.05) is 30.4 Å². The Kier molecular flexibility index (Phi) is 6.56. The van der Waals surface area contributed by atoms with Crippen LogP contribution in [-0.4, -0.2) is 48.4 Å². The number of nitrogens with two attached hydrogens (primary N) is 1. The molecule has 1 aliphatic carbocycles.